The third-order valence-electron chi connectivity index (χ3n) is 3.61. The third-order valence-corrected chi connectivity index (χ3v) is 4.50. The summed E-state index contributed by atoms with van der Waals surface area (Å²) in [5, 5.41) is 18.9. The molecule has 23 heavy (non-hydrogen) atoms. The van der Waals surface area contributed by atoms with Gasteiger partial charge in [-0.15, -0.1) is 11.3 Å². The van der Waals surface area contributed by atoms with Gasteiger partial charge in [-0.3, -0.25) is 9.48 Å². The van der Waals surface area contributed by atoms with Crippen LogP contribution in [0, 0.1) is 6.92 Å². The molecule has 0 spiro atoms. The Kier molecular flexibility index (Phi) is 4.40. The van der Waals surface area contributed by atoms with Crippen molar-refractivity contribution in [2.75, 3.05) is 13.2 Å². The lowest BCUT2D eigenvalue weighted by Gasteiger charge is -2.08. The monoisotopic (exact) mass is 330 g/mol. The van der Waals surface area contributed by atoms with Gasteiger partial charge in [-0.1, -0.05) is 6.07 Å². The van der Waals surface area contributed by atoms with Crippen LogP contribution in [0.1, 0.15) is 22.5 Å². The Bertz CT molecular complexity index is 840. The van der Waals surface area contributed by atoms with Crippen LogP contribution in [0.25, 0.3) is 21.6 Å². The molecule has 0 saturated carbocycles. The summed E-state index contributed by atoms with van der Waals surface area (Å²) >= 11 is 1.58. The van der Waals surface area contributed by atoms with Gasteiger partial charge in [0.2, 0.25) is 0 Å². The number of aromatic nitrogens is 3. The number of hydrogen-bond acceptors (Lipinski definition) is 5. The van der Waals surface area contributed by atoms with Gasteiger partial charge in [-0.25, -0.2) is 4.98 Å². The number of aryl methyl sites for hydroxylation is 2. The molecular formula is C16H18N4O2S. The number of carbonyl (C=O) groups excluding carboxylic acids is 1. The molecule has 120 valence electrons. The Morgan fingerprint density at radius 1 is 1.48 bits per heavy atom. The van der Waals surface area contributed by atoms with Gasteiger partial charge in [0, 0.05) is 20.2 Å². The Labute approximate surface area is 137 Å². The van der Waals surface area contributed by atoms with Crippen molar-refractivity contribution in [3.63, 3.8) is 0 Å². The smallest absolute Gasteiger partial charge is 0.252 e. The predicted octanol–water partition coefficient (Wildman–Crippen LogP) is 2.12. The zero-order valence-corrected chi connectivity index (χ0v) is 13.9. The number of thiophene rings is 1. The number of aliphatic hydroxyl groups is 1. The minimum atomic E-state index is -0.167. The normalized spacial score (nSPS) is 11.1. The first-order valence-electron chi connectivity index (χ1n) is 7.39. The van der Waals surface area contributed by atoms with Crippen LogP contribution < -0.4 is 5.32 Å². The zero-order valence-electron chi connectivity index (χ0n) is 13.0. The molecule has 0 aliphatic heterocycles. The van der Waals surface area contributed by atoms with Crippen molar-refractivity contribution in [3.05, 3.63) is 34.8 Å². The minimum absolute atomic E-state index is 0.0540. The molecule has 3 aromatic rings. The van der Waals surface area contributed by atoms with Crippen LogP contribution in [0.2, 0.25) is 0 Å². The lowest BCUT2D eigenvalue weighted by atomic mass is 10.1. The number of hydrogen-bond donors (Lipinski definition) is 2. The standard InChI is InChI=1S/C16H18N4O2S/c1-10-14-11(16(22)17-6-4-7-21)9-12(13-5-3-8-23-13)18-15(14)20(2)19-10/h3,5,8-9,21H,4,6-7H2,1-2H3,(H,17,22). The number of amides is 1. The molecule has 7 heteroatoms. The Balaban J connectivity index is 2.12. The van der Waals surface area contributed by atoms with E-state index in [1.807, 2.05) is 37.6 Å². The molecule has 6 nitrogen and oxygen atoms in total. The fraction of sp³-hybridized carbons (Fsp3) is 0.312. The summed E-state index contributed by atoms with van der Waals surface area (Å²) in [6.07, 6.45) is 0.532. The van der Waals surface area contributed by atoms with E-state index in [1.165, 1.54) is 0 Å². The lowest BCUT2D eigenvalue weighted by Crippen LogP contribution is -2.25. The molecule has 0 radical (unpaired) electrons. The second kappa shape index (κ2) is 6.47. The summed E-state index contributed by atoms with van der Waals surface area (Å²) in [6.45, 7) is 2.37. The number of aliphatic hydroxyl groups excluding tert-OH is 1. The first kappa shape index (κ1) is 15.6. The predicted molar refractivity (Wildman–Crippen MR) is 90.6 cm³/mol. The van der Waals surface area contributed by atoms with Crippen LogP contribution in [0.15, 0.2) is 23.6 Å². The van der Waals surface area contributed by atoms with Gasteiger partial charge in [-0.05, 0) is 30.9 Å². The van der Waals surface area contributed by atoms with E-state index in [-0.39, 0.29) is 12.5 Å². The topological polar surface area (TPSA) is 80.0 Å². The molecule has 0 bridgehead atoms. The SMILES string of the molecule is Cc1nn(C)c2nc(-c3cccs3)cc(C(=O)NCCCO)c12. The summed E-state index contributed by atoms with van der Waals surface area (Å²) < 4.78 is 1.70. The minimum Gasteiger partial charge on any atom is -0.396 e. The molecule has 0 saturated heterocycles. The van der Waals surface area contributed by atoms with Crippen LogP contribution in [-0.2, 0) is 7.05 Å². The maximum atomic E-state index is 12.6. The Morgan fingerprint density at radius 3 is 3.00 bits per heavy atom. The number of fused-ring (bicyclic) bond motifs is 1. The Morgan fingerprint density at radius 2 is 2.30 bits per heavy atom. The van der Waals surface area contributed by atoms with Crippen molar-refractivity contribution in [2.45, 2.75) is 13.3 Å². The fourth-order valence-electron chi connectivity index (χ4n) is 2.55. The maximum absolute atomic E-state index is 12.6. The maximum Gasteiger partial charge on any atom is 0.252 e. The Hall–Kier alpha value is -2.25. The number of carbonyl (C=O) groups is 1. The molecule has 1 amide bonds. The number of rotatable bonds is 5. The summed E-state index contributed by atoms with van der Waals surface area (Å²) in [4.78, 5) is 18.2. The van der Waals surface area contributed by atoms with Crippen molar-refractivity contribution in [1.29, 1.82) is 0 Å². The summed E-state index contributed by atoms with van der Waals surface area (Å²) in [7, 11) is 1.83. The van der Waals surface area contributed by atoms with Gasteiger partial charge in [0.1, 0.15) is 0 Å². The first-order valence-corrected chi connectivity index (χ1v) is 8.27. The second-order valence-corrected chi connectivity index (χ2v) is 6.22. The molecule has 2 N–H and O–H groups in total. The van der Waals surface area contributed by atoms with Gasteiger partial charge in [-0.2, -0.15) is 5.10 Å². The van der Waals surface area contributed by atoms with Gasteiger partial charge in [0.15, 0.2) is 5.65 Å². The van der Waals surface area contributed by atoms with E-state index in [0.29, 0.717) is 24.2 Å². The molecule has 3 aromatic heterocycles. The number of nitrogens with one attached hydrogen (secondary N) is 1. The van der Waals surface area contributed by atoms with E-state index in [2.05, 4.69) is 15.4 Å². The van der Waals surface area contributed by atoms with Crippen molar-refractivity contribution < 1.29 is 9.90 Å². The molecule has 3 heterocycles. The van der Waals surface area contributed by atoms with Crippen LogP contribution in [-0.4, -0.2) is 38.9 Å². The molecule has 0 aliphatic rings. The average molecular weight is 330 g/mol. The van der Waals surface area contributed by atoms with Crippen molar-refractivity contribution in [2.24, 2.45) is 7.05 Å². The van der Waals surface area contributed by atoms with Gasteiger partial charge in [0.05, 0.1) is 27.2 Å². The molecular weight excluding hydrogens is 312 g/mol. The first-order chi connectivity index (χ1) is 11.1. The van der Waals surface area contributed by atoms with E-state index in [0.717, 1.165) is 21.7 Å². The van der Waals surface area contributed by atoms with E-state index in [9.17, 15) is 4.79 Å². The quantitative estimate of drug-likeness (QED) is 0.702. The molecule has 0 atom stereocenters. The van der Waals surface area contributed by atoms with E-state index >= 15 is 0 Å². The second-order valence-electron chi connectivity index (χ2n) is 5.27. The summed E-state index contributed by atoms with van der Waals surface area (Å²) in [5.74, 6) is -0.167. The highest BCUT2D eigenvalue weighted by Crippen LogP contribution is 2.29. The zero-order chi connectivity index (χ0) is 16.4. The number of nitrogens with zero attached hydrogens (tertiary/aromatic N) is 3. The largest absolute Gasteiger partial charge is 0.396 e. The molecule has 3 rings (SSSR count). The van der Waals surface area contributed by atoms with Gasteiger partial charge in [0.25, 0.3) is 5.91 Å². The molecule has 0 unspecified atom stereocenters. The molecule has 0 aliphatic carbocycles. The van der Waals surface area contributed by atoms with Gasteiger partial charge < -0.3 is 10.4 Å². The summed E-state index contributed by atoms with van der Waals surface area (Å²) in [6, 6.07) is 5.76. The van der Waals surface area contributed by atoms with Crippen LogP contribution in [0.4, 0.5) is 0 Å². The molecule has 0 aromatic carbocycles. The number of pyridine rings is 1. The van der Waals surface area contributed by atoms with Crippen molar-refractivity contribution in [3.8, 4) is 10.6 Å². The third kappa shape index (κ3) is 2.97. The highest BCUT2D eigenvalue weighted by atomic mass is 32.1. The molecule has 0 fully saturated rings. The van der Waals surface area contributed by atoms with Crippen molar-refractivity contribution in [1.82, 2.24) is 20.1 Å². The van der Waals surface area contributed by atoms with E-state index < -0.39 is 0 Å². The van der Waals surface area contributed by atoms with Crippen LogP contribution >= 0.6 is 11.3 Å². The van der Waals surface area contributed by atoms with Crippen molar-refractivity contribution >= 4 is 28.3 Å². The lowest BCUT2D eigenvalue weighted by molar-refractivity contribution is 0.0952. The van der Waals surface area contributed by atoms with E-state index in [1.54, 1.807) is 16.0 Å². The van der Waals surface area contributed by atoms with Crippen LogP contribution in [0.5, 0.6) is 0 Å². The van der Waals surface area contributed by atoms with Gasteiger partial charge >= 0.3 is 0 Å². The fourth-order valence-corrected chi connectivity index (χ4v) is 3.24. The highest BCUT2D eigenvalue weighted by molar-refractivity contribution is 7.13. The van der Waals surface area contributed by atoms with Crippen LogP contribution in [0.3, 0.4) is 0 Å². The highest BCUT2D eigenvalue weighted by Gasteiger charge is 2.19. The average Bonchev–Trinajstić information content (AvgIpc) is 3.16. The van der Waals surface area contributed by atoms with E-state index in [4.69, 9.17) is 5.11 Å². The summed E-state index contributed by atoms with van der Waals surface area (Å²) in [5.41, 5.74) is 2.81.